The highest BCUT2D eigenvalue weighted by Gasteiger charge is 2.46. The molecule has 2 aliphatic heterocycles. The minimum Gasteiger partial charge on any atom is -0.481 e. The lowest BCUT2D eigenvalue weighted by atomic mass is 10.0. The Labute approximate surface area is 63.4 Å². The summed E-state index contributed by atoms with van der Waals surface area (Å²) in [6.45, 7) is 1.85. The van der Waals surface area contributed by atoms with Gasteiger partial charge in [-0.15, -0.1) is 11.8 Å². The second kappa shape index (κ2) is 2.13. The van der Waals surface area contributed by atoms with Gasteiger partial charge in [0.15, 0.2) is 0 Å². The SMILES string of the molecule is O=C(O)C1CN2CCSC12. The van der Waals surface area contributed by atoms with Crippen LogP contribution in [0.4, 0.5) is 0 Å². The fourth-order valence-electron chi connectivity index (χ4n) is 1.49. The maximum absolute atomic E-state index is 10.5. The Balaban J connectivity index is 2.00. The van der Waals surface area contributed by atoms with Crippen molar-refractivity contribution in [3.63, 3.8) is 0 Å². The molecule has 0 spiro atoms. The summed E-state index contributed by atoms with van der Waals surface area (Å²) >= 11 is 1.77. The standard InChI is InChI=1S/C6H9NO2S/c8-6(9)4-3-7-1-2-10-5(4)7/h4-5H,1-3H2,(H,8,9). The third-order valence-electron chi connectivity index (χ3n) is 2.12. The van der Waals surface area contributed by atoms with E-state index < -0.39 is 5.97 Å². The van der Waals surface area contributed by atoms with E-state index in [1.807, 2.05) is 0 Å². The summed E-state index contributed by atoms with van der Waals surface area (Å²) in [5.41, 5.74) is 0. The molecule has 2 saturated heterocycles. The predicted molar refractivity (Wildman–Crippen MR) is 38.9 cm³/mol. The maximum Gasteiger partial charge on any atom is 0.310 e. The van der Waals surface area contributed by atoms with Crippen LogP contribution in [0.15, 0.2) is 0 Å². The fourth-order valence-corrected chi connectivity index (χ4v) is 2.91. The average molecular weight is 159 g/mol. The van der Waals surface area contributed by atoms with Gasteiger partial charge < -0.3 is 5.11 Å². The number of carboxylic acids is 1. The summed E-state index contributed by atoms with van der Waals surface area (Å²) in [7, 11) is 0. The molecule has 2 heterocycles. The van der Waals surface area contributed by atoms with Crippen molar-refractivity contribution >= 4 is 17.7 Å². The molecule has 0 aromatic heterocycles. The first-order valence-electron chi connectivity index (χ1n) is 3.37. The van der Waals surface area contributed by atoms with Gasteiger partial charge in [0.25, 0.3) is 0 Å². The van der Waals surface area contributed by atoms with E-state index in [1.54, 1.807) is 11.8 Å². The molecule has 2 atom stereocenters. The number of hydrogen-bond donors (Lipinski definition) is 1. The van der Waals surface area contributed by atoms with Gasteiger partial charge in [-0.2, -0.15) is 0 Å². The average Bonchev–Trinajstić information content (AvgIpc) is 2.11. The van der Waals surface area contributed by atoms with Crippen molar-refractivity contribution in [2.24, 2.45) is 5.92 Å². The first-order valence-corrected chi connectivity index (χ1v) is 4.42. The number of fused-ring (bicyclic) bond motifs is 1. The van der Waals surface area contributed by atoms with Gasteiger partial charge in [-0.3, -0.25) is 9.69 Å². The second-order valence-electron chi connectivity index (χ2n) is 2.70. The van der Waals surface area contributed by atoms with E-state index in [4.69, 9.17) is 5.11 Å². The van der Waals surface area contributed by atoms with Gasteiger partial charge in [0.2, 0.25) is 0 Å². The zero-order valence-electron chi connectivity index (χ0n) is 5.49. The normalized spacial score (nSPS) is 38.8. The van der Waals surface area contributed by atoms with E-state index >= 15 is 0 Å². The van der Waals surface area contributed by atoms with Crippen LogP contribution in [-0.4, -0.2) is 40.2 Å². The minimum atomic E-state index is -0.629. The van der Waals surface area contributed by atoms with Crippen LogP contribution in [0.1, 0.15) is 0 Å². The molecular weight excluding hydrogens is 150 g/mol. The highest BCUT2D eigenvalue weighted by atomic mass is 32.2. The molecule has 56 valence electrons. The first-order chi connectivity index (χ1) is 4.79. The molecule has 2 rings (SSSR count). The fraction of sp³-hybridized carbons (Fsp3) is 0.833. The van der Waals surface area contributed by atoms with Gasteiger partial charge in [-0.1, -0.05) is 0 Å². The van der Waals surface area contributed by atoms with Gasteiger partial charge in [0, 0.05) is 18.8 Å². The lowest BCUT2D eigenvalue weighted by Gasteiger charge is -2.39. The number of rotatable bonds is 1. The number of nitrogens with zero attached hydrogens (tertiary/aromatic N) is 1. The van der Waals surface area contributed by atoms with Crippen molar-refractivity contribution in [3.8, 4) is 0 Å². The van der Waals surface area contributed by atoms with Crippen LogP contribution in [0, 0.1) is 5.92 Å². The molecule has 4 heteroatoms. The molecule has 0 aromatic carbocycles. The van der Waals surface area contributed by atoms with E-state index in [0.29, 0.717) is 5.37 Å². The number of thioether (sulfide) groups is 1. The summed E-state index contributed by atoms with van der Waals surface area (Å²) in [6, 6.07) is 0. The first kappa shape index (κ1) is 6.49. The van der Waals surface area contributed by atoms with E-state index in [1.165, 1.54) is 0 Å². The molecule has 0 radical (unpaired) electrons. The van der Waals surface area contributed by atoms with Crippen molar-refractivity contribution in [1.82, 2.24) is 4.90 Å². The number of carboxylic acid groups (broad SMARTS) is 1. The lowest BCUT2D eigenvalue weighted by Crippen LogP contribution is -2.54. The van der Waals surface area contributed by atoms with Crippen LogP contribution in [0.2, 0.25) is 0 Å². The molecule has 10 heavy (non-hydrogen) atoms. The lowest BCUT2D eigenvalue weighted by molar-refractivity contribution is -0.148. The number of hydrogen-bond acceptors (Lipinski definition) is 3. The van der Waals surface area contributed by atoms with Gasteiger partial charge in [-0.05, 0) is 0 Å². The van der Waals surface area contributed by atoms with Gasteiger partial charge in [0.05, 0.1) is 11.3 Å². The zero-order chi connectivity index (χ0) is 7.14. The van der Waals surface area contributed by atoms with Crippen molar-refractivity contribution in [2.45, 2.75) is 5.37 Å². The highest BCUT2D eigenvalue weighted by molar-refractivity contribution is 8.00. The van der Waals surface area contributed by atoms with E-state index in [-0.39, 0.29) is 5.92 Å². The Morgan fingerprint density at radius 3 is 3.10 bits per heavy atom. The van der Waals surface area contributed by atoms with Crippen LogP contribution in [0.3, 0.4) is 0 Å². The summed E-state index contributed by atoms with van der Waals surface area (Å²) in [5.74, 6) is 0.386. The predicted octanol–water partition coefficient (Wildman–Crippen LogP) is 0.0757. The largest absolute Gasteiger partial charge is 0.481 e. The van der Waals surface area contributed by atoms with Crippen molar-refractivity contribution in [3.05, 3.63) is 0 Å². The molecule has 0 amide bonds. The third-order valence-corrected chi connectivity index (χ3v) is 3.51. The van der Waals surface area contributed by atoms with Crippen molar-refractivity contribution in [1.29, 1.82) is 0 Å². The Kier molecular flexibility index (Phi) is 1.38. The molecule has 3 nitrogen and oxygen atoms in total. The Morgan fingerprint density at radius 1 is 1.70 bits per heavy atom. The quantitative estimate of drug-likeness (QED) is 0.588. The molecule has 0 aromatic rings. The van der Waals surface area contributed by atoms with Gasteiger partial charge >= 0.3 is 5.97 Å². The minimum absolute atomic E-state index is 0.0903. The van der Waals surface area contributed by atoms with E-state index in [2.05, 4.69) is 4.90 Å². The van der Waals surface area contributed by atoms with Crippen LogP contribution < -0.4 is 0 Å². The molecule has 2 aliphatic rings. The van der Waals surface area contributed by atoms with E-state index in [0.717, 1.165) is 18.8 Å². The van der Waals surface area contributed by atoms with Crippen LogP contribution in [0.25, 0.3) is 0 Å². The highest BCUT2D eigenvalue weighted by Crippen LogP contribution is 2.38. The molecule has 0 bridgehead atoms. The van der Waals surface area contributed by atoms with Crippen molar-refractivity contribution in [2.75, 3.05) is 18.8 Å². The molecule has 1 N–H and O–H groups in total. The van der Waals surface area contributed by atoms with Crippen LogP contribution in [-0.2, 0) is 4.79 Å². The van der Waals surface area contributed by atoms with Gasteiger partial charge in [0.1, 0.15) is 0 Å². The molecule has 0 saturated carbocycles. The van der Waals surface area contributed by atoms with Crippen LogP contribution >= 0.6 is 11.8 Å². The number of carbonyl (C=O) groups is 1. The number of aliphatic carboxylic acids is 1. The topological polar surface area (TPSA) is 40.5 Å². The van der Waals surface area contributed by atoms with Crippen molar-refractivity contribution < 1.29 is 9.90 Å². The third kappa shape index (κ3) is 0.754. The summed E-state index contributed by atoms with van der Waals surface area (Å²) in [4.78, 5) is 12.7. The monoisotopic (exact) mass is 159 g/mol. The smallest absolute Gasteiger partial charge is 0.310 e. The molecule has 2 fully saturated rings. The van der Waals surface area contributed by atoms with Gasteiger partial charge in [-0.25, -0.2) is 0 Å². The van der Waals surface area contributed by atoms with Crippen LogP contribution in [0.5, 0.6) is 0 Å². The molecular formula is C6H9NO2S. The Bertz CT molecular complexity index is 173. The summed E-state index contributed by atoms with van der Waals surface area (Å²) in [5, 5.41) is 8.94. The zero-order valence-corrected chi connectivity index (χ0v) is 6.30. The summed E-state index contributed by atoms with van der Waals surface area (Å²) < 4.78 is 0. The Hall–Kier alpha value is -0.220. The molecule has 0 aliphatic carbocycles. The second-order valence-corrected chi connectivity index (χ2v) is 3.93. The maximum atomic E-state index is 10.5. The molecule has 2 unspecified atom stereocenters. The Morgan fingerprint density at radius 2 is 2.50 bits per heavy atom. The summed E-state index contributed by atoms with van der Waals surface area (Å²) in [6.07, 6.45) is 0. The van der Waals surface area contributed by atoms with E-state index in [9.17, 15) is 4.79 Å².